The normalized spacial score (nSPS) is 22.3. The Balaban J connectivity index is 1.12. The van der Waals surface area contributed by atoms with E-state index in [-0.39, 0.29) is 36.9 Å². The summed E-state index contributed by atoms with van der Waals surface area (Å²) in [6.45, 7) is 3.37. The van der Waals surface area contributed by atoms with E-state index >= 15 is 0 Å². The van der Waals surface area contributed by atoms with Gasteiger partial charge in [0.05, 0.1) is 30.3 Å². The minimum absolute atomic E-state index is 0.124. The number of nitrogens with one attached hydrogen (secondary N) is 2. The van der Waals surface area contributed by atoms with Gasteiger partial charge in [-0.3, -0.25) is 28.7 Å². The van der Waals surface area contributed by atoms with Crippen LogP contribution in [0.5, 0.6) is 0 Å². The molecular formula is C43H48N4O9S2. The van der Waals surface area contributed by atoms with Crippen molar-refractivity contribution in [2.75, 3.05) is 23.9 Å². The summed E-state index contributed by atoms with van der Waals surface area (Å²) in [7, 11) is -3.72. The smallest absolute Gasteiger partial charge is 0.330 e. The molecule has 2 fully saturated rings. The van der Waals surface area contributed by atoms with Gasteiger partial charge in [0.25, 0.3) is 11.1 Å². The molecule has 0 unspecified atom stereocenters. The SMILES string of the molecule is Cc1cn([C@H]2C[C@H](CS(=O)(=O)CC[C@H]3O[C@@H](n4cc(C)c(=O)[nH]c4=O)C[C@@H]3CS)[C@@H](CCOC(c3ccccc3)(c3ccccc3)c3ccccc3)O2)c(=O)[nH]c1=O. The number of thiol groups is 1. The number of sulfone groups is 1. The van der Waals surface area contributed by atoms with Crippen LogP contribution < -0.4 is 22.5 Å². The quantitative estimate of drug-likeness (QED) is 0.100. The Bertz CT molecular complexity index is 2440. The Morgan fingerprint density at radius 1 is 0.690 bits per heavy atom. The molecule has 6 atom stereocenters. The summed E-state index contributed by atoms with van der Waals surface area (Å²) in [6.07, 6.45) is 1.45. The molecule has 0 spiro atoms. The van der Waals surface area contributed by atoms with E-state index < -0.39 is 68.5 Å². The highest BCUT2D eigenvalue weighted by Crippen LogP contribution is 2.42. The van der Waals surface area contributed by atoms with Crippen molar-refractivity contribution in [1.29, 1.82) is 0 Å². The van der Waals surface area contributed by atoms with Crippen molar-refractivity contribution in [1.82, 2.24) is 19.1 Å². The Labute approximate surface area is 341 Å². The Morgan fingerprint density at radius 2 is 1.12 bits per heavy atom. The molecule has 2 saturated heterocycles. The summed E-state index contributed by atoms with van der Waals surface area (Å²) < 4.78 is 50.4. The molecule has 2 aromatic heterocycles. The number of aromatic amines is 2. The van der Waals surface area contributed by atoms with Crippen molar-refractivity contribution in [3.8, 4) is 0 Å². The largest absolute Gasteiger partial charge is 0.361 e. The van der Waals surface area contributed by atoms with Gasteiger partial charge in [0, 0.05) is 29.4 Å². The molecule has 2 N–H and O–H groups in total. The van der Waals surface area contributed by atoms with Crippen LogP contribution >= 0.6 is 12.6 Å². The number of ether oxygens (including phenoxy) is 3. The number of aromatic nitrogens is 4. The van der Waals surface area contributed by atoms with E-state index in [9.17, 15) is 27.6 Å². The number of hydrogen-bond donors (Lipinski definition) is 3. The van der Waals surface area contributed by atoms with Crippen molar-refractivity contribution in [2.45, 2.75) is 69.8 Å². The van der Waals surface area contributed by atoms with Crippen LogP contribution in [0.3, 0.4) is 0 Å². The van der Waals surface area contributed by atoms with Crippen LogP contribution in [0.1, 0.15) is 66.0 Å². The summed E-state index contributed by atoms with van der Waals surface area (Å²) in [4.78, 5) is 54.4. The molecular weight excluding hydrogens is 781 g/mol. The first kappa shape index (κ1) is 41.4. The zero-order valence-corrected chi connectivity index (χ0v) is 34.1. The topological polar surface area (TPSA) is 172 Å². The minimum atomic E-state index is -3.72. The third kappa shape index (κ3) is 8.78. The zero-order chi connectivity index (χ0) is 41.0. The van der Waals surface area contributed by atoms with Crippen LogP contribution in [0.4, 0.5) is 0 Å². The Morgan fingerprint density at radius 3 is 1.57 bits per heavy atom. The van der Waals surface area contributed by atoms with E-state index in [0.29, 0.717) is 29.7 Å². The molecule has 0 amide bonds. The van der Waals surface area contributed by atoms with Crippen LogP contribution in [0.2, 0.25) is 0 Å². The van der Waals surface area contributed by atoms with Gasteiger partial charge in [0.15, 0.2) is 9.84 Å². The van der Waals surface area contributed by atoms with Gasteiger partial charge < -0.3 is 14.2 Å². The maximum absolute atomic E-state index is 14.0. The predicted octanol–water partition coefficient (Wildman–Crippen LogP) is 4.64. The summed E-state index contributed by atoms with van der Waals surface area (Å²) in [5.74, 6) is -0.621. The highest BCUT2D eigenvalue weighted by molar-refractivity contribution is 7.91. The lowest BCUT2D eigenvalue weighted by molar-refractivity contribution is -0.0439. The number of H-pyrrole nitrogens is 2. The van der Waals surface area contributed by atoms with Gasteiger partial charge in [-0.15, -0.1) is 0 Å². The highest BCUT2D eigenvalue weighted by atomic mass is 32.2. The fourth-order valence-corrected chi connectivity index (χ4v) is 10.4. The fraction of sp³-hybridized carbons (Fsp3) is 0.395. The van der Waals surface area contributed by atoms with Crippen LogP contribution in [-0.2, 0) is 29.6 Å². The summed E-state index contributed by atoms with van der Waals surface area (Å²) in [5.41, 5.74) is 0.233. The van der Waals surface area contributed by atoms with E-state index in [0.717, 1.165) is 16.7 Å². The number of nitrogens with zero attached hydrogens (tertiary/aromatic N) is 2. The molecule has 7 rings (SSSR count). The van der Waals surface area contributed by atoms with Gasteiger partial charge in [-0.1, -0.05) is 91.0 Å². The lowest BCUT2D eigenvalue weighted by Crippen LogP contribution is -2.35. The molecule has 58 heavy (non-hydrogen) atoms. The standard InChI is InChI=1S/C43H48N4O9S2/c1-28-24-46(41(50)44-39(28)48)37-22-30(26-57)36(56-37)19-21-58(52,53)27-31-23-38(47-25-29(2)40(49)45-42(47)51)55-35(31)18-20-54-43(32-12-6-3-7-13-32,33-14-8-4-9-15-33)34-16-10-5-11-17-34/h3-17,24-25,30-31,35-38,57H,18-23,26-27H2,1-2H3,(H,44,48,50)(H,45,49,51)/t30-,31-,35-,36-,37-,38-/m1/s1. The molecule has 2 aliphatic rings. The highest BCUT2D eigenvalue weighted by Gasteiger charge is 2.42. The van der Waals surface area contributed by atoms with Crippen molar-refractivity contribution in [2.24, 2.45) is 11.8 Å². The predicted molar refractivity (Wildman–Crippen MR) is 223 cm³/mol. The van der Waals surface area contributed by atoms with Gasteiger partial charge in [-0.05, 0) is 67.9 Å². The maximum atomic E-state index is 14.0. The van der Waals surface area contributed by atoms with Crippen LogP contribution in [0, 0.1) is 25.7 Å². The van der Waals surface area contributed by atoms with Crippen LogP contribution in [0.25, 0.3) is 0 Å². The molecule has 13 nitrogen and oxygen atoms in total. The first-order chi connectivity index (χ1) is 27.9. The first-order valence-corrected chi connectivity index (χ1v) is 21.9. The first-order valence-electron chi connectivity index (χ1n) is 19.5. The average molecular weight is 829 g/mol. The van der Waals surface area contributed by atoms with Crippen molar-refractivity contribution in [3.63, 3.8) is 0 Å². The second-order valence-electron chi connectivity index (χ2n) is 15.2. The minimum Gasteiger partial charge on any atom is -0.361 e. The third-order valence-electron chi connectivity index (χ3n) is 11.3. The monoisotopic (exact) mass is 828 g/mol. The number of benzene rings is 3. The molecule has 306 valence electrons. The van der Waals surface area contributed by atoms with Crippen molar-refractivity contribution >= 4 is 22.5 Å². The van der Waals surface area contributed by atoms with Crippen LogP contribution in [0.15, 0.2) is 123 Å². The molecule has 5 aromatic rings. The molecule has 15 heteroatoms. The van der Waals surface area contributed by atoms with E-state index in [1.165, 1.54) is 21.5 Å². The lowest BCUT2D eigenvalue weighted by Gasteiger charge is -2.36. The molecule has 0 bridgehead atoms. The van der Waals surface area contributed by atoms with Crippen molar-refractivity contribution < 1.29 is 22.6 Å². The van der Waals surface area contributed by atoms with Gasteiger partial charge >= 0.3 is 11.4 Å². The average Bonchev–Trinajstić information content (AvgIpc) is 3.82. The Kier molecular flexibility index (Phi) is 12.5. The van der Waals surface area contributed by atoms with Gasteiger partial charge in [-0.2, -0.15) is 12.6 Å². The molecule has 0 aliphatic carbocycles. The number of hydrogen-bond acceptors (Lipinski definition) is 10. The van der Waals surface area contributed by atoms with E-state index in [1.807, 2.05) is 91.0 Å². The molecule has 0 saturated carbocycles. The summed E-state index contributed by atoms with van der Waals surface area (Å²) in [5, 5.41) is 0. The maximum Gasteiger partial charge on any atom is 0.330 e. The Hall–Kier alpha value is -4.80. The second kappa shape index (κ2) is 17.6. The van der Waals surface area contributed by atoms with Gasteiger partial charge in [-0.25, -0.2) is 18.0 Å². The summed E-state index contributed by atoms with van der Waals surface area (Å²) >= 11 is 4.50. The van der Waals surface area contributed by atoms with E-state index in [4.69, 9.17) is 14.2 Å². The molecule has 4 heterocycles. The molecule has 3 aromatic carbocycles. The zero-order valence-electron chi connectivity index (χ0n) is 32.4. The van der Waals surface area contributed by atoms with Gasteiger partial charge in [0.1, 0.15) is 18.1 Å². The second-order valence-corrected chi connectivity index (χ2v) is 17.8. The molecule has 2 aliphatic heterocycles. The summed E-state index contributed by atoms with van der Waals surface area (Å²) in [6, 6.07) is 29.8. The van der Waals surface area contributed by atoms with Gasteiger partial charge in [0.2, 0.25) is 0 Å². The number of rotatable bonds is 15. The van der Waals surface area contributed by atoms with Crippen LogP contribution in [-0.4, -0.2) is 63.6 Å². The van der Waals surface area contributed by atoms with E-state index in [2.05, 4.69) is 22.6 Å². The van der Waals surface area contributed by atoms with Crippen molar-refractivity contribution in [3.05, 3.63) is 173 Å². The number of aryl methyl sites for hydroxylation is 2. The fourth-order valence-electron chi connectivity index (χ4n) is 8.29. The third-order valence-corrected chi connectivity index (χ3v) is 13.6. The lowest BCUT2D eigenvalue weighted by atomic mass is 9.80. The molecule has 0 radical (unpaired) electrons. The van der Waals surface area contributed by atoms with E-state index in [1.54, 1.807) is 13.8 Å².